The molecular weight excluding hydrogens is 293 g/mol. The number of carbonyl (C=O) groups excluding carboxylic acids is 1. The number of hydrogen-bond donors (Lipinski definition) is 0. The van der Waals surface area contributed by atoms with E-state index < -0.39 is 0 Å². The van der Waals surface area contributed by atoms with Crippen LogP contribution in [0.5, 0.6) is 0 Å². The van der Waals surface area contributed by atoms with Crippen molar-refractivity contribution < 1.29 is 9.18 Å². The van der Waals surface area contributed by atoms with E-state index in [1.165, 1.54) is 24.4 Å². The van der Waals surface area contributed by atoms with E-state index in [-0.39, 0.29) is 11.6 Å². The fourth-order valence-electron chi connectivity index (χ4n) is 2.23. The topological polar surface area (TPSA) is 47.8 Å². The molecule has 0 saturated heterocycles. The van der Waals surface area contributed by atoms with E-state index in [0.717, 1.165) is 5.56 Å². The lowest BCUT2D eigenvalue weighted by atomic mass is 10.1. The summed E-state index contributed by atoms with van der Waals surface area (Å²) < 4.78 is 14.6. The molecule has 0 atom stereocenters. The highest BCUT2D eigenvalue weighted by molar-refractivity contribution is 6.07. The van der Waals surface area contributed by atoms with Crippen LogP contribution in [0.1, 0.15) is 21.6 Å². The molecule has 0 aliphatic carbocycles. The van der Waals surface area contributed by atoms with E-state index >= 15 is 0 Å². The number of rotatable bonds is 4. The van der Waals surface area contributed by atoms with E-state index in [1.54, 1.807) is 35.3 Å². The number of allylic oxidation sites excluding steroid dienone is 1. The van der Waals surface area contributed by atoms with Crippen molar-refractivity contribution in [1.82, 2.24) is 14.8 Å². The van der Waals surface area contributed by atoms with Gasteiger partial charge in [-0.25, -0.2) is 9.07 Å². The van der Waals surface area contributed by atoms with Gasteiger partial charge in [-0.05, 0) is 55.0 Å². The van der Waals surface area contributed by atoms with Crippen LogP contribution in [-0.2, 0) is 0 Å². The van der Waals surface area contributed by atoms with Gasteiger partial charge in [-0.3, -0.25) is 9.78 Å². The highest BCUT2D eigenvalue weighted by Gasteiger charge is 2.13. The molecule has 2 aromatic heterocycles. The number of nitrogens with zero attached hydrogens (tertiary/aromatic N) is 3. The van der Waals surface area contributed by atoms with Crippen molar-refractivity contribution in [1.29, 1.82) is 0 Å². The summed E-state index contributed by atoms with van der Waals surface area (Å²) in [5, 5.41) is 4.22. The van der Waals surface area contributed by atoms with Gasteiger partial charge in [0.1, 0.15) is 5.82 Å². The zero-order valence-electron chi connectivity index (χ0n) is 12.5. The van der Waals surface area contributed by atoms with Crippen LogP contribution >= 0.6 is 0 Å². The third-order valence-electron chi connectivity index (χ3n) is 3.46. The molecule has 0 saturated carbocycles. The zero-order chi connectivity index (χ0) is 16.2. The number of pyridine rings is 1. The zero-order valence-corrected chi connectivity index (χ0v) is 12.5. The van der Waals surface area contributed by atoms with Crippen LogP contribution in [0.2, 0.25) is 0 Å². The summed E-state index contributed by atoms with van der Waals surface area (Å²) in [7, 11) is 0. The van der Waals surface area contributed by atoms with Gasteiger partial charge >= 0.3 is 0 Å². The van der Waals surface area contributed by atoms with Gasteiger partial charge in [0.05, 0.1) is 23.1 Å². The summed E-state index contributed by atoms with van der Waals surface area (Å²) in [6.45, 7) is 1.81. The first kappa shape index (κ1) is 14.8. The van der Waals surface area contributed by atoms with Crippen LogP contribution in [0.4, 0.5) is 4.39 Å². The van der Waals surface area contributed by atoms with Crippen molar-refractivity contribution >= 4 is 11.9 Å². The fourth-order valence-corrected chi connectivity index (χ4v) is 2.23. The molecule has 3 rings (SSSR count). The van der Waals surface area contributed by atoms with Crippen molar-refractivity contribution in [3.05, 3.63) is 83.7 Å². The lowest BCUT2D eigenvalue weighted by molar-refractivity contribution is 0.104. The van der Waals surface area contributed by atoms with Crippen molar-refractivity contribution in [2.24, 2.45) is 0 Å². The maximum absolute atomic E-state index is 13.0. The van der Waals surface area contributed by atoms with Gasteiger partial charge < -0.3 is 0 Å². The molecule has 0 N–H and O–H groups in total. The molecule has 0 aliphatic heterocycles. The first-order valence-corrected chi connectivity index (χ1v) is 7.08. The second-order valence-electron chi connectivity index (χ2n) is 5.02. The number of hydrogen-bond acceptors (Lipinski definition) is 3. The van der Waals surface area contributed by atoms with Crippen LogP contribution in [0.15, 0.2) is 61.1 Å². The molecule has 0 bridgehead atoms. The van der Waals surface area contributed by atoms with E-state index in [9.17, 15) is 9.18 Å². The van der Waals surface area contributed by atoms with Crippen molar-refractivity contribution in [3.63, 3.8) is 0 Å². The molecule has 2 heterocycles. The van der Waals surface area contributed by atoms with Gasteiger partial charge in [-0.2, -0.15) is 5.10 Å². The first-order chi connectivity index (χ1) is 11.1. The van der Waals surface area contributed by atoms with Crippen LogP contribution in [0.3, 0.4) is 0 Å². The quantitative estimate of drug-likeness (QED) is 0.546. The third-order valence-corrected chi connectivity index (χ3v) is 3.46. The largest absolute Gasteiger partial charge is 0.289 e. The Morgan fingerprint density at radius 1 is 1.17 bits per heavy atom. The molecule has 114 valence electrons. The summed E-state index contributed by atoms with van der Waals surface area (Å²) in [5.74, 6) is -0.450. The Morgan fingerprint density at radius 3 is 2.65 bits per heavy atom. The smallest absolute Gasteiger partial charge is 0.189 e. The fraction of sp³-hybridized carbons (Fsp3) is 0.0556. The Balaban J connectivity index is 1.85. The molecule has 0 unspecified atom stereocenters. The predicted octanol–water partition coefficient (Wildman–Crippen LogP) is 3.61. The highest BCUT2D eigenvalue weighted by Crippen LogP contribution is 2.16. The van der Waals surface area contributed by atoms with Crippen LogP contribution in [0.25, 0.3) is 11.8 Å². The lowest BCUT2D eigenvalue weighted by Crippen LogP contribution is -2.01. The molecule has 0 fully saturated rings. The average Bonchev–Trinajstić information content (AvgIpc) is 2.96. The molecule has 0 radical (unpaired) electrons. The van der Waals surface area contributed by atoms with Crippen LogP contribution in [0, 0.1) is 12.7 Å². The SMILES string of the molecule is Cc1c(C(=O)/C=C\c2cccnc2)cnn1-c1ccc(F)cc1. The van der Waals surface area contributed by atoms with Crippen LogP contribution in [-0.4, -0.2) is 20.5 Å². The van der Waals surface area contributed by atoms with Gasteiger partial charge in [-0.15, -0.1) is 0 Å². The number of carbonyl (C=O) groups is 1. The average molecular weight is 307 g/mol. The Labute approximate surface area is 132 Å². The second-order valence-corrected chi connectivity index (χ2v) is 5.02. The number of aromatic nitrogens is 3. The molecule has 3 aromatic rings. The number of benzene rings is 1. The van der Waals surface area contributed by atoms with E-state index in [4.69, 9.17) is 0 Å². The molecule has 4 nitrogen and oxygen atoms in total. The van der Waals surface area contributed by atoms with Crippen molar-refractivity contribution in [2.75, 3.05) is 0 Å². The Morgan fingerprint density at radius 2 is 1.96 bits per heavy atom. The Hall–Kier alpha value is -3.08. The summed E-state index contributed by atoms with van der Waals surface area (Å²) in [6, 6.07) is 9.64. The van der Waals surface area contributed by atoms with Crippen molar-refractivity contribution in [3.8, 4) is 5.69 Å². The molecule has 0 amide bonds. The van der Waals surface area contributed by atoms with Gasteiger partial charge in [0.15, 0.2) is 5.78 Å². The molecule has 0 aliphatic rings. The molecule has 1 aromatic carbocycles. The summed E-state index contributed by atoms with van der Waals surface area (Å²) in [5.41, 5.74) is 2.77. The Kier molecular flexibility index (Phi) is 4.10. The van der Waals surface area contributed by atoms with Gasteiger partial charge in [0.25, 0.3) is 0 Å². The standard InChI is InChI=1S/C18H14FN3O/c1-13-17(18(23)9-4-14-3-2-10-20-11-14)12-21-22(13)16-7-5-15(19)6-8-16/h2-12H,1H3/b9-4-. The van der Waals surface area contributed by atoms with E-state index in [2.05, 4.69) is 10.1 Å². The first-order valence-electron chi connectivity index (χ1n) is 7.08. The molecular formula is C18H14FN3O. The predicted molar refractivity (Wildman–Crippen MR) is 85.9 cm³/mol. The second kappa shape index (κ2) is 6.36. The summed E-state index contributed by atoms with van der Waals surface area (Å²) in [6.07, 6.45) is 8.09. The normalized spacial score (nSPS) is 11.0. The molecule has 23 heavy (non-hydrogen) atoms. The number of halogens is 1. The maximum atomic E-state index is 13.0. The van der Waals surface area contributed by atoms with Gasteiger partial charge in [0, 0.05) is 12.4 Å². The third kappa shape index (κ3) is 3.23. The minimum absolute atomic E-state index is 0.139. The minimum atomic E-state index is -0.311. The highest BCUT2D eigenvalue weighted by atomic mass is 19.1. The molecule has 5 heteroatoms. The lowest BCUT2D eigenvalue weighted by Gasteiger charge is -2.04. The Bertz CT molecular complexity index is 852. The summed E-state index contributed by atoms with van der Waals surface area (Å²) in [4.78, 5) is 16.3. The van der Waals surface area contributed by atoms with E-state index in [1.807, 2.05) is 19.1 Å². The maximum Gasteiger partial charge on any atom is 0.189 e. The number of ketones is 1. The van der Waals surface area contributed by atoms with Crippen molar-refractivity contribution in [2.45, 2.75) is 6.92 Å². The van der Waals surface area contributed by atoms with Gasteiger partial charge in [-0.1, -0.05) is 6.07 Å². The monoisotopic (exact) mass is 307 g/mol. The van der Waals surface area contributed by atoms with E-state index in [0.29, 0.717) is 16.9 Å². The van der Waals surface area contributed by atoms with Crippen LogP contribution < -0.4 is 0 Å². The summed E-state index contributed by atoms with van der Waals surface area (Å²) >= 11 is 0. The minimum Gasteiger partial charge on any atom is -0.289 e. The molecule has 0 spiro atoms. The van der Waals surface area contributed by atoms with Gasteiger partial charge in [0.2, 0.25) is 0 Å².